The molecule has 3 atom stereocenters. The molecule has 0 saturated carbocycles. The molecule has 8 N–H and O–H groups in total. The highest BCUT2D eigenvalue weighted by molar-refractivity contribution is 7.52. The highest BCUT2D eigenvalue weighted by atomic mass is 31.2. The second-order valence-electron chi connectivity index (χ2n) is 7.22. The highest BCUT2D eigenvalue weighted by Crippen LogP contribution is 2.40. The number of carbonyl (C=O) groups is 1. The molecule has 3 rings (SSSR count). The van der Waals surface area contributed by atoms with Gasteiger partial charge in [-0.15, -0.1) is 0 Å². The Bertz CT molecular complexity index is 1150. The van der Waals surface area contributed by atoms with Crippen LogP contribution in [-0.2, 0) is 18.7 Å². The number of likely N-dealkylation sites (tertiary alicyclic amines) is 1. The van der Waals surface area contributed by atoms with Crippen LogP contribution in [0.3, 0.4) is 0 Å². The molecule has 1 aliphatic rings. The lowest BCUT2D eigenvalue weighted by atomic mass is 10.2. The van der Waals surface area contributed by atoms with Gasteiger partial charge in [0.2, 0.25) is 11.9 Å². The summed E-state index contributed by atoms with van der Waals surface area (Å²) in [4.78, 5) is 72.2. The Labute approximate surface area is 179 Å². The number of fused-ring (bicyclic) bond motifs is 1. The van der Waals surface area contributed by atoms with Gasteiger partial charge in [0, 0.05) is 19.5 Å². The summed E-state index contributed by atoms with van der Waals surface area (Å²) in [6, 6.07) is -0.753. The Morgan fingerprint density at radius 2 is 2.00 bits per heavy atom. The van der Waals surface area contributed by atoms with Gasteiger partial charge in [0.15, 0.2) is 17.0 Å². The van der Waals surface area contributed by atoms with E-state index < -0.39 is 63.8 Å². The Balaban J connectivity index is 1.88. The van der Waals surface area contributed by atoms with E-state index in [1.165, 1.54) is 15.8 Å². The van der Waals surface area contributed by atoms with Crippen LogP contribution in [0.15, 0.2) is 11.1 Å². The van der Waals surface area contributed by atoms with Crippen molar-refractivity contribution in [2.75, 3.05) is 31.6 Å². The number of nitrogens with one attached hydrogen (secondary N) is 1. The minimum absolute atomic E-state index is 0.0421. The first-order chi connectivity index (χ1) is 14.8. The highest BCUT2D eigenvalue weighted by Gasteiger charge is 2.40. The fraction of sp³-hybridized carbons (Fsp3) is 0.571. The van der Waals surface area contributed by atoms with Gasteiger partial charge in [-0.1, -0.05) is 0 Å². The van der Waals surface area contributed by atoms with Crippen LogP contribution in [0, 0.1) is 0 Å². The third-order valence-corrected chi connectivity index (χ3v) is 6.59. The normalized spacial score (nSPS) is 20.7. The van der Waals surface area contributed by atoms with Gasteiger partial charge >= 0.3 is 15.2 Å². The van der Waals surface area contributed by atoms with Crippen LogP contribution in [0.25, 0.3) is 11.2 Å². The van der Waals surface area contributed by atoms with E-state index in [0.29, 0.717) is 0 Å². The van der Waals surface area contributed by atoms with E-state index in [1.54, 1.807) is 0 Å². The number of hydrogen-bond acceptors (Lipinski definition) is 9. The van der Waals surface area contributed by atoms with E-state index >= 15 is 0 Å². The summed E-state index contributed by atoms with van der Waals surface area (Å²) in [5.41, 5.74) is 5.02. The Hall–Kier alpha value is -2.16. The number of H-pyrrole nitrogens is 1. The quantitative estimate of drug-likeness (QED) is 0.187. The van der Waals surface area contributed by atoms with Gasteiger partial charge < -0.3 is 44.6 Å². The smallest absolute Gasteiger partial charge is 0.356 e. The first-order valence-electron chi connectivity index (χ1n) is 9.16. The van der Waals surface area contributed by atoms with Gasteiger partial charge in [0.1, 0.15) is 0 Å². The number of aliphatic hydroxyl groups is 1. The predicted molar refractivity (Wildman–Crippen MR) is 107 cm³/mol. The van der Waals surface area contributed by atoms with Crippen molar-refractivity contribution < 1.29 is 43.3 Å². The zero-order valence-electron chi connectivity index (χ0n) is 16.4. The lowest BCUT2D eigenvalue weighted by molar-refractivity contribution is -0.130. The van der Waals surface area contributed by atoms with E-state index in [1.807, 2.05) is 0 Å². The SMILES string of the molecule is Nc1nc2c(ncn2[C@@H]2CN(C(=O)CCP(=O)(O)O)C[C@H]2OC[C@@H](O)P(=O)(O)O)c(=O)[nH]1. The molecule has 1 fully saturated rings. The maximum Gasteiger partial charge on any atom is 0.356 e. The third-order valence-electron chi connectivity index (χ3n) is 4.86. The van der Waals surface area contributed by atoms with Crippen LogP contribution in [0.1, 0.15) is 12.5 Å². The number of nitrogen functional groups attached to an aromatic ring is 1. The van der Waals surface area contributed by atoms with Crippen molar-refractivity contribution in [2.45, 2.75) is 24.4 Å². The number of nitrogens with two attached hydrogens (primary N) is 1. The molecule has 178 valence electrons. The first-order valence-corrected chi connectivity index (χ1v) is 12.6. The summed E-state index contributed by atoms with van der Waals surface area (Å²) in [6.07, 6.45) is -0.757. The number of rotatable bonds is 8. The fourth-order valence-electron chi connectivity index (χ4n) is 3.28. The zero-order chi connectivity index (χ0) is 23.8. The Kier molecular flexibility index (Phi) is 6.88. The van der Waals surface area contributed by atoms with Crippen molar-refractivity contribution in [3.8, 4) is 0 Å². The summed E-state index contributed by atoms with van der Waals surface area (Å²) in [5.74, 6) is -2.88. The third kappa shape index (κ3) is 5.60. The van der Waals surface area contributed by atoms with E-state index in [0.717, 1.165) is 0 Å². The van der Waals surface area contributed by atoms with Gasteiger partial charge in [-0.05, 0) is 0 Å². The number of hydrogen-bond donors (Lipinski definition) is 7. The molecule has 0 spiro atoms. The molecular formula is C14H22N6O10P2. The number of nitrogens with zero attached hydrogens (tertiary/aromatic N) is 4. The second-order valence-corrected chi connectivity index (χ2v) is 10.8. The number of aliphatic hydroxyl groups excluding tert-OH is 1. The molecule has 0 aliphatic carbocycles. The Morgan fingerprint density at radius 1 is 1.31 bits per heavy atom. The van der Waals surface area contributed by atoms with E-state index in [2.05, 4.69) is 15.0 Å². The Morgan fingerprint density at radius 3 is 2.62 bits per heavy atom. The largest absolute Gasteiger partial charge is 0.378 e. The number of aromatic amines is 1. The van der Waals surface area contributed by atoms with E-state index in [9.17, 15) is 23.8 Å². The van der Waals surface area contributed by atoms with Gasteiger partial charge in [-0.3, -0.25) is 23.7 Å². The van der Waals surface area contributed by atoms with Crippen molar-refractivity contribution >= 4 is 38.2 Å². The van der Waals surface area contributed by atoms with Crippen LogP contribution in [-0.4, -0.2) is 92.8 Å². The maximum absolute atomic E-state index is 12.5. The number of anilines is 1. The molecule has 18 heteroatoms. The van der Waals surface area contributed by atoms with Gasteiger partial charge in [0.25, 0.3) is 5.56 Å². The monoisotopic (exact) mass is 496 g/mol. The number of aromatic nitrogens is 4. The molecule has 3 heterocycles. The van der Waals surface area contributed by atoms with E-state index in [4.69, 9.17) is 30.0 Å². The summed E-state index contributed by atoms with van der Waals surface area (Å²) >= 11 is 0. The molecule has 1 saturated heterocycles. The molecular weight excluding hydrogens is 474 g/mol. The molecule has 1 amide bonds. The van der Waals surface area contributed by atoms with E-state index in [-0.39, 0.29) is 30.2 Å². The molecule has 0 bridgehead atoms. The van der Waals surface area contributed by atoms with Crippen molar-refractivity contribution in [1.82, 2.24) is 24.4 Å². The zero-order valence-corrected chi connectivity index (χ0v) is 18.2. The summed E-state index contributed by atoms with van der Waals surface area (Å²) in [6.45, 7) is -0.911. The lowest BCUT2D eigenvalue weighted by Crippen LogP contribution is -2.31. The van der Waals surface area contributed by atoms with Crippen LogP contribution in [0.4, 0.5) is 5.95 Å². The predicted octanol–water partition coefficient (Wildman–Crippen LogP) is -2.47. The van der Waals surface area contributed by atoms with Crippen molar-refractivity contribution in [2.24, 2.45) is 0 Å². The molecule has 0 aromatic carbocycles. The standard InChI is InChI=1S/C14H22N6O10P2/c15-14-17-12-11(13(23)18-14)16-6-20(12)7-3-19(9(21)1-2-31(24,25)26)4-8(7)30-5-10(22)32(27,28)29/h6-8,10,22H,1-5H2,(H2,24,25,26)(H2,27,28,29)(H3,15,17,18,23)/t7-,8-,10+/m1/s1. The van der Waals surface area contributed by atoms with Crippen LogP contribution in [0.5, 0.6) is 0 Å². The minimum atomic E-state index is -4.84. The van der Waals surface area contributed by atoms with Crippen molar-refractivity contribution in [1.29, 1.82) is 0 Å². The topological polar surface area (TPSA) is 254 Å². The number of amides is 1. The molecule has 0 radical (unpaired) electrons. The average molecular weight is 496 g/mol. The van der Waals surface area contributed by atoms with Crippen molar-refractivity contribution in [3.05, 3.63) is 16.7 Å². The molecule has 1 aliphatic heterocycles. The molecule has 0 unspecified atom stereocenters. The molecule has 16 nitrogen and oxygen atoms in total. The number of carbonyl (C=O) groups excluding carboxylic acids is 1. The minimum Gasteiger partial charge on any atom is -0.378 e. The second kappa shape index (κ2) is 9.00. The lowest BCUT2D eigenvalue weighted by Gasteiger charge is -2.22. The van der Waals surface area contributed by atoms with Gasteiger partial charge in [-0.25, -0.2) is 4.98 Å². The molecule has 2 aromatic heterocycles. The first kappa shape index (κ1) is 24.5. The molecule has 32 heavy (non-hydrogen) atoms. The summed E-state index contributed by atoms with van der Waals surface area (Å²) in [7, 11) is -9.24. The molecule has 2 aromatic rings. The van der Waals surface area contributed by atoms with Gasteiger partial charge in [0.05, 0.1) is 31.2 Å². The van der Waals surface area contributed by atoms with Crippen molar-refractivity contribution in [3.63, 3.8) is 0 Å². The van der Waals surface area contributed by atoms with Crippen LogP contribution in [0.2, 0.25) is 0 Å². The number of ether oxygens (including phenoxy) is 1. The van der Waals surface area contributed by atoms with Gasteiger partial charge in [-0.2, -0.15) is 4.98 Å². The van der Waals surface area contributed by atoms with Crippen LogP contribution >= 0.6 is 15.2 Å². The maximum atomic E-state index is 12.5. The summed E-state index contributed by atoms with van der Waals surface area (Å²) < 4.78 is 29.2. The average Bonchev–Trinajstić information content (AvgIpc) is 3.26. The summed E-state index contributed by atoms with van der Waals surface area (Å²) in [5, 5.41) is 9.61. The fourth-order valence-corrected chi connectivity index (χ4v) is 4.05. The number of imidazole rings is 1. The van der Waals surface area contributed by atoms with Crippen LogP contribution < -0.4 is 11.3 Å².